The number of carboxylic acids is 1. The molecule has 7 nitrogen and oxygen atoms in total. The van der Waals surface area contributed by atoms with Crippen LogP contribution in [-0.4, -0.2) is 50.7 Å². The number of imidazole rings is 1. The minimum atomic E-state index is -0.825. The highest BCUT2D eigenvalue weighted by molar-refractivity contribution is 5.76. The van der Waals surface area contributed by atoms with E-state index in [1.165, 1.54) is 0 Å². The summed E-state index contributed by atoms with van der Waals surface area (Å²) in [5.74, 6) is -1.27. The van der Waals surface area contributed by atoms with Crippen molar-refractivity contribution in [1.82, 2.24) is 19.8 Å². The van der Waals surface area contributed by atoms with E-state index in [1.54, 1.807) is 17.4 Å². The Morgan fingerprint density at radius 1 is 1.55 bits per heavy atom. The highest BCUT2D eigenvalue weighted by atomic mass is 16.4. The number of carbonyl (C=O) groups is 2. The number of likely N-dealkylation sites (tertiary alicyclic amines) is 1. The van der Waals surface area contributed by atoms with E-state index in [0.29, 0.717) is 26.1 Å². The maximum Gasteiger partial charge on any atom is 0.317 e. The molecule has 1 unspecified atom stereocenters. The third kappa shape index (κ3) is 3.72. The van der Waals surface area contributed by atoms with Crippen molar-refractivity contribution in [1.29, 1.82) is 0 Å². The van der Waals surface area contributed by atoms with Gasteiger partial charge in [0.05, 0.1) is 12.2 Å². The molecule has 2 rings (SSSR count). The van der Waals surface area contributed by atoms with Crippen molar-refractivity contribution >= 4 is 12.0 Å². The Morgan fingerprint density at radius 3 is 3.00 bits per heavy atom. The molecule has 1 fully saturated rings. The Bertz CT molecular complexity index is 460. The molecular formula is C13H20N4O3. The van der Waals surface area contributed by atoms with Crippen LogP contribution in [0.5, 0.6) is 0 Å². The van der Waals surface area contributed by atoms with Gasteiger partial charge < -0.3 is 19.9 Å². The first-order valence-electron chi connectivity index (χ1n) is 6.80. The lowest BCUT2D eigenvalue weighted by Gasteiger charge is -2.31. The molecule has 20 heavy (non-hydrogen) atoms. The number of aliphatic carboxylic acids is 1. The summed E-state index contributed by atoms with van der Waals surface area (Å²) < 4.78 is 1.89. The number of hydrogen-bond donors (Lipinski definition) is 2. The van der Waals surface area contributed by atoms with E-state index in [0.717, 1.165) is 6.42 Å². The number of carbonyl (C=O) groups excluding carboxylic acids is 1. The molecule has 2 heterocycles. The normalized spacial score (nSPS) is 20.4. The van der Waals surface area contributed by atoms with Crippen LogP contribution < -0.4 is 5.32 Å². The summed E-state index contributed by atoms with van der Waals surface area (Å²) in [6.45, 7) is 3.46. The second kappa shape index (κ2) is 6.40. The number of nitrogens with one attached hydrogen (secondary N) is 1. The summed E-state index contributed by atoms with van der Waals surface area (Å²) in [5, 5.41) is 11.9. The predicted molar refractivity (Wildman–Crippen MR) is 72.2 cm³/mol. The summed E-state index contributed by atoms with van der Waals surface area (Å²) in [6.07, 6.45) is 6.61. The first-order valence-corrected chi connectivity index (χ1v) is 6.80. The largest absolute Gasteiger partial charge is 0.481 e. The van der Waals surface area contributed by atoms with Gasteiger partial charge in [-0.15, -0.1) is 0 Å². The number of hydrogen-bond acceptors (Lipinski definition) is 3. The average molecular weight is 280 g/mol. The molecule has 7 heteroatoms. The van der Waals surface area contributed by atoms with Crippen molar-refractivity contribution in [2.24, 2.45) is 5.92 Å². The molecule has 2 amide bonds. The summed E-state index contributed by atoms with van der Waals surface area (Å²) in [5.41, 5.74) is 0. The molecule has 0 aliphatic carbocycles. The Kier molecular flexibility index (Phi) is 4.60. The predicted octanol–water partition coefficient (Wildman–Crippen LogP) is 0.778. The van der Waals surface area contributed by atoms with Gasteiger partial charge in [0.15, 0.2) is 0 Å². The molecule has 1 aliphatic rings. The summed E-state index contributed by atoms with van der Waals surface area (Å²) in [7, 11) is 0. The van der Waals surface area contributed by atoms with Crippen LogP contribution in [0.2, 0.25) is 0 Å². The first-order chi connectivity index (χ1) is 9.56. The number of aromatic nitrogens is 2. The smallest absolute Gasteiger partial charge is 0.317 e. The van der Waals surface area contributed by atoms with Gasteiger partial charge in [0.2, 0.25) is 0 Å². The van der Waals surface area contributed by atoms with Crippen LogP contribution in [0.25, 0.3) is 0 Å². The third-order valence-corrected chi connectivity index (χ3v) is 3.47. The van der Waals surface area contributed by atoms with Crippen LogP contribution in [0.1, 0.15) is 19.8 Å². The van der Waals surface area contributed by atoms with Crippen molar-refractivity contribution in [2.75, 3.05) is 13.1 Å². The fourth-order valence-corrected chi connectivity index (χ4v) is 2.42. The van der Waals surface area contributed by atoms with E-state index in [9.17, 15) is 9.59 Å². The van der Waals surface area contributed by atoms with Crippen molar-refractivity contribution in [3.8, 4) is 0 Å². The molecule has 0 spiro atoms. The number of amides is 2. The van der Waals surface area contributed by atoms with Crippen molar-refractivity contribution in [2.45, 2.75) is 32.4 Å². The van der Waals surface area contributed by atoms with Gasteiger partial charge in [-0.2, -0.15) is 0 Å². The fraction of sp³-hybridized carbons (Fsp3) is 0.615. The van der Waals surface area contributed by atoms with Crippen LogP contribution >= 0.6 is 0 Å². The summed E-state index contributed by atoms with van der Waals surface area (Å²) >= 11 is 0. The van der Waals surface area contributed by atoms with Crippen LogP contribution in [-0.2, 0) is 11.3 Å². The Morgan fingerprint density at radius 2 is 2.35 bits per heavy atom. The van der Waals surface area contributed by atoms with Crippen molar-refractivity contribution in [3.63, 3.8) is 0 Å². The van der Waals surface area contributed by atoms with E-state index in [4.69, 9.17) is 5.11 Å². The number of urea groups is 1. The van der Waals surface area contributed by atoms with Gasteiger partial charge in [-0.25, -0.2) is 9.78 Å². The second-order valence-electron chi connectivity index (χ2n) is 5.23. The molecule has 1 aromatic rings. The van der Waals surface area contributed by atoms with Crippen molar-refractivity contribution < 1.29 is 14.7 Å². The van der Waals surface area contributed by atoms with Gasteiger partial charge >= 0.3 is 12.0 Å². The van der Waals surface area contributed by atoms with Gasteiger partial charge in [-0.05, 0) is 19.8 Å². The van der Waals surface area contributed by atoms with E-state index in [1.807, 2.05) is 17.7 Å². The van der Waals surface area contributed by atoms with Gasteiger partial charge in [-0.3, -0.25) is 4.79 Å². The molecular weight excluding hydrogens is 260 g/mol. The Balaban J connectivity index is 1.83. The summed E-state index contributed by atoms with van der Waals surface area (Å²) in [6, 6.07) is -0.231. The molecule has 0 aromatic carbocycles. The molecule has 0 radical (unpaired) electrons. The van der Waals surface area contributed by atoms with Crippen LogP contribution in [0, 0.1) is 5.92 Å². The molecule has 1 aromatic heterocycles. The molecule has 110 valence electrons. The monoisotopic (exact) mass is 280 g/mol. The Hall–Kier alpha value is -2.05. The second-order valence-corrected chi connectivity index (χ2v) is 5.23. The van der Waals surface area contributed by atoms with Gasteiger partial charge in [0, 0.05) is 38.1 Å². The first kappa shape index (κ1) is 14.4. The number of piperidine rings is 1. The van der Waals surface area contributed by atoms with Crippen LogP contribution in [0.4, 0.5) is 4.79 Å². The molecule has 1 saturated heterocycles. The standard InChI is InChI=1S/C13H20N4O3/c1-10(7-16-6-4-14-9-16)15-13(20)17-5-2-3-11(8-17)12(18)19/h4,6,9-11H,2-3,5,7-8H2,1H3,(H,15,20)(H,18,19)/t10?,11-/m0/s1. The zero-order valence-electron chi connectivity index (χ0n) is 11.5. The van der Waals surface area contributed by atoms with Gasteiger partial charge in [0.25, 0.3) is 0 Å². The highest BCUT2D eigenvalue weighted by Crippen LogP contribution is 2.16. The number of carboxylic acid groups (broad SMARTS) is 1. The van der Waals surface area contributed by atoms with E-state index in [-0.39, 0.29) is 12.1 Å². The maximum absolute atomic E-state index is 12.1. The molecule has 0 bridgehead atoms. The fourth-order valence-electron chi connectivity index (χ4n) is 2.42. The molecule has 1 aliphatic heterocycles. The molecule has 2 N–H and O–H groups in total. The molecule has 0 saturated carbocycles. The lowest BCUT2D eigenvalue weighted by atomic mass is 9.99. The van der Waals surface area contributed by atoms with Crippen LogP contribution in [0.15, 0.2) is 18.7 Å². The zero-order chi connectivity index (χ0) is 14.5. The van der Waals surface area contributed by atoms with Gasteiger partial charge in [-0.1, -0.05) is 0 Å². The topological polar surface area (TPSA) is 87.5 Å². The Labute approximate surface area is 117 Å². The summed E-state index contributed by atoms with van der Waals surface area (Å²) in [4.78, 5) is 28.6. The van der Waals surface area contributed by atoms with Crippen LogP contribution in [0.3, 0.4) is 0 Å². The van der Waals surface area contributed by atoms with Gasteiger partial charge in [0.1, 0.15) is 0 Å². The molecule has 2 atom stereocenters. The third-order valence-electron chi connectivity index (χ3n) is 3.47. The lowest BCUT2D eigenvalue weighted by molar-refractivity contribution is -0.143. The highest BCUT2D eigenvalue weighted by Gasteiger charge is 2.28. The number of rotatable bonds is 4. The van der Waals surface area contributed by atoms with E-state index < -0.39 is 11.9 Å². The quantitative estimate of drug-likeness (QED) is 0.853. The van der Waals surface area contributed by atoms with Crippen molar-refractivity contribution in [3.05, 3.63) is 18.7 Å². The zero-order valence-corrected chi connectivity index (χ0v) is 11.5. The number of nitrogens with zero attached hydrogens (tertiary/aromatic N) is 3. The maximum atomic E-state index is 12.1. The van der Waals surface area contributed by atoms with E-state index in [2.05, 4.69) is 10.3 Å². The minimum absolute atomic E-state index is 0.0399. The minimum Gasteiger partial charge on any atom is -0.481 e. The SMILES string of the molecule is CC(Cn1ccnc1)NC(=O)N1CCC[C@H](C(=O)O)C1. The van der Waals surface area contributed by atoms with E-state index >= 15 is 0 Å². The average Bonchev–Trinajstić information content (AvgIpc) is 2.91. The lowest BCUT2D eigenvalue weighted by Crippen LogP contribution is -2.49.